The fraction of sp³-hybridized carbons (Fsp3) is 0.294. The summed E-state index contributed by atoms with van der Waals surface area (Å²) >= 11 is 3.40. The van der Waals surface area contributed by atoms with Crippen LogP contribution in [0.3, 0.4) is 0 Å². The monoisotopic (exact) mass is 379 g/mol. The third-order valence-corrected chi connectivity index (χ3v) is 4.20. The molecule has 0 aromatic heterocycles. The number of methoxy groups -OCH3 is 2. The molecule has 0 atom stereocenters. The first kappa shape index (κ1) is 17.3. The number of rotatable bonds is 4. The Hall–Kier alpha value is -2.08. The maximum absolute atomic E-state index is 12.6. The highest BCUT2D eigenvalue weighted by atomic mass is 79.9. The maximum atomic E-state index is 12.6. The van der Waals surface area contributed by atoms with E-state index in [1.807, 2.05) is 19.1 Å². The second-order valence-electron chi connectivity index (χ2n) is 4.95. The zero-order valence-corrected chi connectivity index (χ0v) is 15.1. The van der Waals surface area contributed by atoms with E-state index >= 15 is 0 Å². The van der Waals surface area contributed by atoms with E-state index in [0.717, 1.165) is 4.47 Å². The molecule has 1 aromatic rings. The zero-order valence-electron chi connectivity index (χ0n) is 13.5. The SMILES string of the molecule is CCN1C(=O)C(=Cc2cc(Br)ccc2OC)C(C(=O)OC)=C1C. The van der Waals surface area contributed by atoms with E-state index < -0.39 is 5.97 Å². The van der Waals surface area contributed by atoms with Gasteiger partial charge in [0.15, 0.2) is 0 Å². The number of amides is 1. The molecule has 0 radical (unpaired) electrons. The van der Waals surface area contributed by atoms with E-state index in [9.17, 15) is 9.59 Å². The van der Waals surface area contributed by atoms with Crippen molar-refractivity contribution >= 4 is 33.9 Å². The lowest BCUT2D eigenvalue weighted by atomic mass is 10.0. The molecule has 0 fully saturated rings. The number of hydrogen-bond donors (Lipinski definition) is 0. The van der Waals surface area contributed by atoms with Crippen LogP contribution in [0.4, 0.5) is 0 Å². The first-order valence-electron chi connectivity index (χ1n) is 7.11. The lowest BCUT2D eigenvalue weighted by Crippen LogP contribution is -2.24. The number of likely N-dealkylation sites (N-methyl/N-ethyl adjacent to an activating group) is 1. The largest absolute Gasteiger partial charge is 0.496 e. The lowest BCUT2D eigenvalue weighted by molar-refractivity contribution is -0.136. The molecule has 1 heterocycles. The second kappa shape index (κ2) is 7.00. The van der Waals surface area contributed by atoms with Gasteiger partial charge in [0.05, 0.1) is 25.4 Å². The molecular weight excluding hydrogens is 362 g/mol. The van der Waals surface area contributed by atoms with Crippen LogP contribution in [0.2, 0.25) is 0 Å². The molecule has 0 aliphatic carbocycles. The highest BCUT2D eigenvalue weighted by molar-refractivity contribution is 9.10. The normalized spacial score (nSPS) is 16.3. The minimum Gasteiger partial charge on any atom is -0.496 e. The molecule has 0 saturated heterocycles. The second-order valence-corrected chi connectivity index (χ2v) is 5.86. The van der Waals surface area contributed by atoms with Crippen molar-refractivity contribution in [2.75, 3.05) is 20.8 Å². The minimum atomic E-state index is -0.521. The lowest BCUT2D eigenvalue weighted by Gasteiger charge is -2.14. The van der Waals surface area contributed by atoms with E-state index in [1.54, 1.807) is 31.1 Å². The Morgan fingerprint density at radius 1 is 1.35 bits per heavy atom. The summed E-state index contributed by atoms with van der Waals surface area (Å²) in [6, 6.07) is 5.47. The predicted molar refractivity (Wildman–Crippen MR) is 90.8 cm³/mol. The van der Waals surface area contributed by atoms with Crippen molar-refractivity contribution in [1.29, 1.82) is 0 Å². The summed E-state index contributed by atoms with van der Waals surface area (Å²) in [5.74, 6) is -0.121. The van der Waals surface area contributed by atoms with Crippen LogP contribution in [0, 0.1) is 0 Å². The Labute approximate surface area is 143 Å². The van der Waals surface area contributed by atoms with Gasteiger partial charge in [0.2, 0.25) is 0 Å². The fourth-order valence-corrected chi connectivity index (χ4v) is 2.96. The van der Waals surface area contributed by atoms with Gasteiger partial charge in [0, 0.05) is 22.3 Å². The molecule has 122 valence electrons. The molecule has 0 N–H and O–H groups in total. The Morgan fingerprint density at radius 3 is 2.61 bits per heavy atom. The number of esters is 1. The van der Waals surface area contributed by atoms with Crippen LogP contribution in [-0.2, 0) is 14.3 Å². The van der Waals surface area contributed by atoms with E-state index in [1.165, 1.54) is 7.11 Å². The molecule has 1 aliphatic rings. The average Bonchev–Trinajstić information content (AvgIpc) is 2.77. The van der Waals surface area contributed by atoms with Crippen LogP contribution in [0.5, 0.6) is 5.75 Å². The van der Waals surface area contributed by atoms with Crippen molar-refractivity contribution < 1.29 is 19.1 Å². The Morgan fingerprint density at radius 2 is 2.04 bits per heavy atom. The van der Waals surface area contributed by atoms with Gasteiger partial charge in [-0.2, -0.15) is 0 Å². The first-order chi connectivity index (χ1) is 10.9. The highest BCUT2D eigenvalue weighted by Gasteiger charge is 2.36. The summed E-state index contributed by atoms with van der Waals surface area (Å²) in [5.41, 5.74) is 1.91. The van der Waals surface area contributed by atoms with Gasteiger partial charge >= 0.3 is 5.97 Å². The van der Waals surface area contributed by atoms with Gasteiger partial charge in [-0.3, -0.25) is 4.79 Å². The number of carbonyl (C=O) groups excluding carboxylic acids is 2. The third-order valence-electron chi connectivity index (χ3n) is 3.71. The molecule has 0 saturated carbocycles. The van der Waals surface area contributed by atoms with E-state index in [4.69, 9.17) is 9.47 Å². The number of allylic oxidation sites excluding steroid dienone is 1. The first-order valence-corrected chi connectivity index (χ1v) is 7.90. The minimum absolute atomic E-state index is 0.215. The molecule has 0 spiro atoms. The van der Waals surface area contributed by atoms with Crippen molar-refractivity contribution in [1.82, 2.24) is 4.90 Å². The summed E-state index contributed by atoms with van der Waals surface area (Å²) in [6.45, 7) is 4.09. The molecule has 1 aliphatic heterocycles. The third kappa shape index (κ3) is 3.17. The van der Waals surface area contributed by atoms with Crippen molar-refractivity contribution in [3.05, 3.63) is 45.1 Å². The van der Waals surface area contributed by atoms with Crippen molar-refractivity contribution in [3.63, 3.8) is 0 Å². The summed E-state index contributed by atoms with van der Waals surface area (Å²) in [4.78, 5) is 26.3. The van der Waals surface area contributed by atoms with Gasteiger partial charge in [-0.05, 0) is 38.1 Å². The molecule has 1 amide bonds. The number of ether oxygens (including phenoxy) is 2. The van der Waals surface area contributed by atoms with Gasteiger partial charge in [-0.1, -0.05) is 15.9 Å². The number of carbonyl (C=O) groups is 2. The summed E-state index contributed by atoms with van der Waals surface area (Å²) < 4.78 is 11.0. The van der Waals surface area contributed by atoms with Crippen LogP contribution in [0.25, 0.3) is 6.08 Å². The zero-order chi connectivity index (χ0) is 17.1. The number of benzene rings is 1. The molecule has 6 heteroatoms. The molecule has 0 unspecified atom stereocenters. The van der Waals surface area contributed by atoms with Gasteiger partial charge in [-0.15, -0.1) is 0 Å². The van der Waals surface area contributed by atoms with Gasteiger partial charge in [0.1, 0.15) is 5.75 Å². The molecular formula is C17H18BrNO4. The molecule has 23 heavy (non-hydrogen) atoms. The molecule has 5 nitrogen and oxygen atoms in total. The molecule has 2 rings (SSSR count). The smallest absolute Gasteiger partial charge is 0.340 e. The van der Waals surface area contributed by atoms with Crippen LogP contribution in [-0.4, -0.2) is 37.5 Å². The average molecular weight is 380 g/mol. The van der Waals surface area contributed by atoms with Crippen LogP contribution >= 0.6 is 15.9 Å². The fourth-order valence-electron chi connectivity index (χ4n) is 2.58. The number of halogens is 1. The van der Waals surface area contributed by atoms with Crippen LogP contribution in [0.1, 0.15) is 19.4 Å². The Balaban J connectivity index is 2.62. The Kier molecular flexibility index (Phi) is 5.26. The van der Waals surface area contributed by atoms with E-state index in [0.29, 0.717) is 34.7 Å². The number of nitrogens with zero attached hydrogens (tertiary/aromatic N) is 1. The Bertz CT molecular complexity index is 721. The standard InChI is InChI=1S/C17H18BrNO4/c1-5-19-10(2)15(17(21)23-4)13(16(19)20)9-11-8-12(18)6-7-14(11)22-3/h6-9H,5H2,1-4H3. The van der Waals surface area contributed by atoms with Crippen molar-refractivity contribution in [2.45, 2.75) is 13.8 Å². The van der Waals surface area contributed by atoms with Crippen LogP contribution < -0.4 is 4.74 Å². The maximum Gasteiger partial charge on any atom is 0.340 e. The predicted octanol–water partition coefficient (Wildman–Crippen LogP) is 3.15. The van der Waals surface area contributed by atoms with Gasteiger partial charge in [0.25, 0.3) is 5.91 Å². The summed E-state index contributed by atoms with van der Waals surface area (Å²) in [5, 5.41) is 0. The summed E-state index contributed by atoms with van der Waals surface area (Å²) in [7, 11) is 2.86. The van der Waals surface area contributed by atoms with Crippen molar-refractivity contribution in [2.24, 2.45) is 0 Å². The van der Waals surface area contributed by atoms with Gasteiger partial charge in [-0.25, -0.2) is 4.79 Å². The number of hydrogen-bond acceptors (Lipinski definition) is 4. The van der Waals surface area contributed by atoms with Gasteiger partial charge < -0.3 is 14.4 Å². The van der Waals surface area contributed by atoms with E-state index in [-0.39, 0.29) is 5.91 Å². The topological polar surface area (TPSA) is 55.8 Å². The van der Waals surface area contributed by atoms with E-state index in [2.05, 4.69) is 15.9 Å². The molecule has 0 bridgehead atoms. The van der Waals surface area contributed by atoms with Crippen molar-refractivity contribution in [3.8, 4) is 5.75 Å². The molecule has 1 aromatic carbocycles. The van der Waals surface area contributed by atoms with Crippen LogP contribution in [0.15, 0.2) is 39.5 Å². The summed E-state index contributed by atoms with van der Waals surface area (Å²) in [6.07, 6.45) is 1.66. The highest BCUT2D eigenvalue weighted by Crippen LogP contribution is 2.33. The quantitative estimate of drug-likeness (QED) is 0.595.